The summed E-state index contributed by atoms with van der Waals surface area (Å²) in [6, 6.07) is 10.1. The number of hydrogen-bond acceptors (Lipinski definition) is 3. The Balaban J connectivity index is 2.28. The van der Waals surface area contributed by atoms with Crippen LogP contribution in [0.4, 0.5) is 4.39 Å². The van der Waals surface area contributed by atoms with E-state index in [1.165, 1.54) is 24.3 Å². The minimum Gasteiger partial charge on any atom is -0.305 e. The van der Waals surface area contributed by atoms with Crippen LogP contribution in [-0.4, -0.2) is 38.8 Å². The molecule has 0 aliphatic rings. The summed E-state index contributed by atoms with van der Waals surface area (Å²) < 4.78 is 40.4. The van der Waals surface area contributed by atoms with Crippen molar-refractivity contribution in [2.45, 2.75) is 24.9 Å². The summed E-state index contributed by atoms with van der Waals surface area (Å²) in [5, 5.41) is -0.115. The van der Waals surface area contributed by atoms with Crippen LogP contribution in [0, 0.1) is 12.7 Å². The maximum Gasteiger partial charge on any atom is 0.244 e. The molecule has 136 valence electrons. The second-order valence-corrected chi connectivity index (χ2v) is 8.77. The highest BCUT2D eigenvalue weighted by molar-refractivity contribution is 7.89. The second kappa shape index (κ2) is 7.83. The van der Waals surface area contributed by atoms with Crippen molar-refractivity contribution >= 4 is 21.6 Å². The lowest BCUT2D eigenvalue weighted by Crippen LogP contribution is -2.27. The van der Waals surface area contributed by atoms with Crippen molar-refractivity contribution in [3.8, 4) is 0 Å². The molecule has 7 heteroatoms. The van der Waals surface area contributed by atoms with Crippen molar-refractivity contribution in [1.29, 1.82) is 0 Å². The van der Waals surface area contributed by atoms with Crippen LogP contribution in [0.5, 0.6) is 0 Å². The Morgan fingerprint density at radius 3 is 2.24 bits per heavy atom. The van der Waals surface area contributed by atoms with Crippen molar-refractivity contribution in [3.05, 3.63) is 63.9 Å². The zero-order chi connectivity index (χ0) is 18.8. The molecule has 2 rings (SSSR count). The summed E-state index contributed by atoms with van der Waals surface area (Å²) >= 11 is 5.96. The third kappa shape index (κ3) is 4.79. The Kier molecular flexibility index (Phi) is 6.21. The van der Waals surface area contributed by atoms with Crippen molar-refractivity contribution in [3.63, 3.8) is 0 Å². The van der Waals surface area contributed by atoms with E-state index in [9.17, 15) is 12.8 Å². The van der Waals surface area contributed by atoms with Gasteiger partial charge in [-0.1, -0.05) is 35.9 Å². The standard InChI is InChI=1S/C18H22ClFN2O2S/c1-13-8-18(16(19)10-17(13)20)25(23,24)22(4)12-15-7-5-6-14(9-15)11-21(2)3/h5-10H,11-12H2,1-4H3. The molecule has 0 bridgehead atoms. The quantitative estimate of drug-likeness (QED) is 0.763. The topological polar surface area (TPSA) is 40.6 Å². The molecule has 0 saturated heterocycles. The highest BCUT2D eigenvalue weighted by Gasteiger charge is 2.25. The van der Waals surface area contributed by atoms with E-state index in [4.69, 9.17) is 11.6 Å². The van der Waals surface area contributed by atoms with Gasteiger partial charge in [0.25, 0.3) is 0 Å². The van der Waals surface area contributed by atoms with E-state index >= 15 is 0 Å². The highest BCUT2D eigenvalue weighted by atomic mass is 35.5. The van der Waals surface area contributed by atoms with Gasteiger partial charge in [-0.25, -0.2) is 12.8 Å². The molecule has 0 spiro atoms. The van der Waals surface area contributed by atoms with Crippen molar-refractivity contribution < 1.29 is 12.8 Å². The fourth-order valence-electron chi connectivity index (χ4n) is 2.53. The van der Waals surface area contributed by atoms with Crippen LogP contribution in [0.2, 0.25) is 5.02 Å². The van der Waals surface area contributed by atoms with Gasteiger partial charge in [0.2, 0.25) is 10.0 Å². The van der Waals surface area contributed by atoms with Gasteiger partial charge >= 0.3 is 0 Å². The predicted molar refractivity (Wildman–Crippen MR) is 98.6 cm³/mol. The van der Waals surface area contributed by atoms with E-state index < -0.39 is 15.8 Å². The SMILES string of the molecule is Cc1cc(S(=O)(=O)N(C)Cc2cccc(CN(C)C)c2)c(Cl)cc1F. The number of aryl methyl sites for hydroxylation is 1. The van der Waals surface area contributed by atoms with Crippen LogP contribution in [0.1, 0.15) is 16.7 Å². The Hall–Kier alpha value is -1.47. The summed E-state index contributed by atoms with van der Waals surface area (Å²) in [5.41, 5.74) is 2.22. The van der Waals surface area contributed by atoms with Crippen LogP contribution in [0.25, 0.3) is 0 Å². The summed E-state index contributed by atoms with van der Waals surface area (Å²) in [5.74, 6) is -0.525. The first kappa shape index (κ1) is 19.8. The maximum atomic E-state index is 13.5. The highest BCUT2D eigenvalue weighted by Crippen LogP contribution is 2.27. The molecular weight excluding hydrogens is 363 g/mol. The molecule has 0 atom stereocenters. The Morgan fingerprint density at radius 2 is 1.64 bits per heavy atom. The molecule has 0 saturated carbocycles. The van der Waals surface area contributed by atoms with Crippen molar-refractivity contribution in [1.82, 2.24) is 9.21 Å². The molecule has 0 aliphatic heterocycles. The van der Waals surface area contributed by atoms with Crippen LogP contribution in [0.15, 0.2) is 41.3 Å². The molecule has 0 amide bonds. The summed E-state index contributed by atoms with van der Waals surface area (Å²) in [4.78, 5) is 1.96. The van der Waals surface area contributed by atoms with Gasteiger partial charge in [-0.2, -0.15) is 4.31 Å². The van der Waals surface area contributed by atoms with Gasteiger partial charge in [0.05, 0.1) is 5.02 Å². The molecule has 0 fully saturated rings. The molecule has 2 aromatic carbocycles. The lowest BCUT2D eigenvalue weighted by atomic mass is 10.1. The summed E-state index contributed by atoms with van der Waals surface area (Å²) in [7, 11) is 1.62. The Bertz CT molecular complexity index is 869. The smallest absolute Gasteiger partial charge is 0.244 e. The van der Waals surface area contributed by atoms with Crippen LogP contribution in [0.3, 0.4) is 0 Å². The normalized spacial score (nSPS) is 12.2. The first-order chi connectivity index (χ1) is 11.6. The largest absolute Gasteiger partial charge is 0.305 e. The number of hydrogen-bond donors (Lipinski definition) is 0. The molecule has 0 heterocycles. The van der Waals surface area contributed by atoms with Gasteiger partial charge in [0, 0.05) is 20.1 Å². The molecule has 2 aromatic rings. The Labute approximate surface area is 153 Å². The van der Waals surface area contributed by atoms with Gasteiger partial charge in [0.1, 0.15) is 10.7 Å². The monoisotopic (exact) mass is 384 g/mol. The molecule has 0 aromatic heterocycles. The van der Waals surface area contributed by atoms with E-state index in [1.807, 2.05) is 43.3 Å². The number of sulfonamides is 1. The van der Waals surface area contributed by atoms with Crippen molar-refractivity contribution in [2.24, 2.45) is 0 Å². The van der Waals surface area contributed by atoms with E-state index in [1.54, 1.807) is 0 Å². The van der Waals surface area contributed by atoms with Gasteiger partial charge in [0.15, 0.2) is 0 Å². The zero-order valence-corrected chi connectivity index (χ0v) is 16.3. The third-order valence-electron chi connectivity index (χ3n) is 3.80. The molecule has 0 radical (unpaired) electrons. The number of rotatable bonds is 6. The average Bonchev–Trinajstić information content (AvgIpc) is 2.50. The Morgan fingerprint density at radius 1 is 1.04 bits per heavy atom. The molecular formula is C18H22ClFN2O2S. The third-order valence-corrected chi connectivity index (χ3v) is 6.06. The van der Waals surface area contributed by atoms with Crippen LogP contribution in [-0.2, 0) is 23.1 Å². The predicted octanol–water partition coefficient (Wildman–Crippen LogP) is 3.67. The number of nitrogens with zero attached hydrogens (tertiary/aromatic N) is 2. The van der Waals surface area contributed by atoms with Gasteiger partial charge in [-0.3, -0.25) is 0 Å². The molecule has 0 N–H and O–H groups in total. The molecule has 0 aliphatic carbocycles. The van der Waals surface area contributed by atoms with Crippen molar-refractivity contribution in [2.75, 3.05) is 21.1 Å². The first-order valence-corrected chi connectivity index (χ1v) is 9.57. The molecule has 25 heavy (non-hydrogen) atoms. The molecule has 4 nitrogen and oxygen atoms in total. The number of halogens is 2. The fraction of sp³-hybridized carbons (Fsp3) is 0.333. The van der Waals surface area contributed by atoms with Gasteiger partial charge in [-0.15, -0.1) is 0 Å². The lowest BCUT2D eigenvalue weighted by molar-refractivity contribution is 0.402. The summed E-state index contributed by atoms with van der Waals surface area (Å²) in [6.45, 7) is 2.49. The summed E-state index contributed by atoms with van der Waals surface area (Å²) in [6.07, 6.45) is 0. The van der Waals surface area contributed by atoms with Crippen LogP contribution >= 0.6 is 11.6 Å². The van der Waals surface area contributed by atoms with Gasteiger partial charge in [-0.05, 0) is 49.8 Å². The molecule has 0 unspecified atom stereocenters. The zero-order valence-electron chi connectivity index (χ0n) is 14.8. The van der Waals surface area contributed by atoms with E-state index in [0.29, 0.717) is 0 Å². The van der Waals surface area contributed by atoms with E-state index in [2.05, 4.69) is 0 Å². The van der Waals surface area contributed by atoms with E-state index in [0.717, 1.165) is 23.7 Å². The minimum atomic E-state index is -3.82. The van der Waals surface area contributed by atoms with Crippen LogP contribution < -0.4 is 0 Å². The van der Waals surface area contributed by atoms with Gasteiger partial charge < -0.3 is 4.90 Å². The number of benzene rings is 2. The second-order valence-electron chi connectivity index (χ2n) is 6.35. The fourth-order valence-corrected chi connectivity index (χ4v) is 4.26. The average molecular weight is 385 g/mol. The lowest BCUT2D eigenvalue weighted by Gasteiger charge is -2.19. The minimum absolute atomic E-state index is 0.0833. The van der Waals surface area contributed by atoms with E-state index in [-0.39, 0.29) is 22.0 Å². The maximum absolute atomic E-state index is 13.5. The first-order valence-electron chi connectivity index (χ1n) is 7.76.